The molecule has 1 amide bonds. The highest BCUT2D eigenvalue weighted by molar-refractivity contribution is 6.03. The summed E-state index contributed by atoms with van der Waals surface area (Å²) in [5, 5.41) is 22.5. The van der Waals surface area contributed by atoms with Gasteiger partial charge in [-0.3, -0.25) is 9.48 Å². The molecule has 3 aromatic heterocycles. The maximum absolute atomic E-state index is 13.1. The first kappa shape index (κ1) is 31.8. The number of carbonyl (C=O) groups is 2. The van der Waals surface area contributed by atoms with Gasteiger partial charge in [-0.2, -0.15) is 5.10 Å². The Kier molecular flexibility index (Phi) is 9.06. The highest BCUT2D eigenvalue weighted by Crippen LogP contribution is 2.42. The second-order valence-corrected chi connectivity index (χ2v) is 13.5. The predicted octanol–water partition coefficient (Wildman–Crippen LogP) is 5.36. The van der Waals surface area contributed by atoms with E-state index >= 15 is 0 Å². The molecule has 4 aromatic rings. The fourth-order valence-electron chi connectivity index (χ4n) is 5.20. The number of H-pyrrole nitrogens is 1. The molecule has 1 aliphatic heterocycles. The second kappa shape index (κ2) is 12.8. The van der Waals surface area contributed by atoms with E-state index in [-0.39, 0.29) is 6.04 Å². The van der Waals surface area contributed by atoms with Crippen LogP contribution in [0.5, 0.6) is 5.75 Å². The number of esters is 1. The van der Waals surface area contributed by atoms with Crippen molar-refractivity contribution in [3.8, 4) is 5.75 Å². The number of hydrogen-bond acceptors (Lipinski definition) is 9. The van der Waals surface area contributed by atoms with Crippen molar-refractivity contribution in [1.82, 2.24) is 25.1 Å². The maximum Gasteiger partial charge on any atom is 0.407 e. The summed E-state index contributed by atoms with van der Waals surface area (Å²) in [4.78, 5) is 35.5. The topological polar surface area (TPSA) is 147 Å². The summed E-state index contributed by atoms with van der Waals surface area (Å²) in [5.74, 6) is -0.102. The van der Waals surface area contributed by atoms with Crippen LogP contribution in [0.4, 0.5) is 16.2 Å². The molecule has 12 heteroatoms. The quantitative estimate of drug-likeness (QED) is 0.152. The van der Waals surface area contributed by atoms with Gasteiger partial charge in [0.15, 0.2) is 12.0 Å². The zero-order valence-electron chi connectivity index (χ0n) is 26.8. The van der Waals surface area contributed by atoms with Gasteiger partial charge in [-0.25, -0.2) is 9.78 Å². The van der Waals surface area contributed by atoms with Gasteiger partial charge in [0.1, 0.15) is 11.2 Å². The lowest BCUT2D eigenvalue weighted by Gasteiger charge is -2.36. The molecule has 0 radical (unpaired) electrons. The van der Waals surface area contributed by atoms with E-state index in [2.05, 4.69) is 30.6 Å². The fraction of sp³-hybridized carbons (Fsp3) is 0.455. The number of ether oxygens (including phenoxy) is 2. The van der Waals surface area contributed by atoms with Crippen molar-refractivity contribution in [3.05, 3.63) is 66.2 Å². The molecule has 4 heterocycles. The second-order valence-electron chi connectivity index (χ2n) is 13.5. The fourth-order valence-corrected chi connectivity index (χ4v) is 5.20. The van der Waals surface area contributed by atoms with Crippen LogP contribution in [0.15, 0.2) is 55.1 Å². The Hall–Kier alpha value is -4.58. The van der Waals surface area contributed by atoms with E-state index in [1.165, 1.54) is 6.20 Å². The number of pyridine rings is 1. The summed E-state index contributed by atoms with van der Waals surface area (Å²) in [6.07, 6.45) is 6.69. The lowest BCUT2D eigenvalue weighted by atomic mass is 9.97. The van der Waals surface area contributed by atoms with Gasteiger partial charge < -0.3 is 35.1 Å². The molecule has 1 unspecified atom stereocenters. The molecule has 1 fully saturated rings. The molecule has 240 valence electrons. The van der Waals surface area contributed by atoms with E-state index in [1.54, 1.807) is 44.0 Å². The van der Waals surface area contributed by atoms with E-state index in [0.29, 0.717) is 53.4 Å². The average Bonchev–Trinajstić information content (AvgIpc) is 3.59. The van der Waals surface area contributed by atoms with Crippen LogP contribution in [0.25, 0.3) is 11.0 Å². The van der Waals surface area contributed by atoms with Gasteiger partial charge in [-0.1, -0.05) is 30.3 Å². The number of aromatic amines is 1. The van der Waals surface area contributed by atoms with Crippen molar-refractivity contribution < 1.29 is 24.2 Å². The smallest absolute Gasteiger partial charge is 0.407 e. The number of benzene rings is 1. The number of amides is 1. The van der Waals surface area contributed by atoms with Crippen LogP contribution in [0, 0.1) is 5.41 Å². The Labute approximate surface area is 263 Å². The zero-order valence-corrected chi connectivity index (χ0v) is 26.8. The number of aromatic nitrogens is 4. The molecule has 4 N–H and O–H groups in total. The van der Waals surface area contributed by atoms with E-state index in [4.69, 9.17) is 9.47 Å². The van der Waals surface area contributed by atoms with Crippen LogP contribution in [0.2, 0.25) is 0 Å². The number of rotatable bonds is 8. The minimum Gasteiger partial charge on any atom is -0.444 e. The lowest BCUT2D eigenvalue weighted by molar-refractivity contribution is -0.142. The molecule has 1 aromatic carbocycles. The molecular formula is C33H43N7O5. The Morgan fingerprint density at radius 3 is 2.60 bits per heavy atom. The third-order valence-corrected chi connectivity index (χ3v) is 7.36. The van der Waals surface area contributed by atoms with Crippen LogP contribution in [-0.2, 0) is 16.1 Å². The summed E-state index contributed by atoms with van der Waals surface area (Å²) in [7, 11) is 0. The minimum atomic E-state index is -1.08. The Morgan fingerprint density at radius 1 is 1.13 bits per heavy atom. The molecule has 45 heavy (non-hydrogen) atoms. The number of nitrogens with one attached hydrogen (secondary N) is 3. The van der Waals surface area contributed by atoms with Crippen LogP contribution < -0.4 is 20.3 Å². The van der Waals surface area contributed by atoms with Gasteiger partial charge in [-0.15, -0.1) is 0 Å². The van der Waals surface area contributed by atoms with E-state index in [1.807, 2.05) is 51.1 Å². The minimum absolute atomic E-state index is 0.195. The molecule has 1 saturated heterocycles. The van der Waals surface area contributed by atoms with E-state index < -0.39 is 29.3 Å². The summed E-state index contributed by atoms with van der Waals surface area (Å²) in [6, 6.07) is 9.77. The molecular weight excluding hydrogens is 574 g/mol. The summed E-state index contributed by atoms with van der Waals surface area (Å²) < 4.78 is 13.2. The number of aliphatic hydroxyl groups excluding tert-OH is 1. The average molecular weight is 618 g/mol. The highest BCUT2D eigenvalue weighted by atomic mass is 16.6. The van der Waals surface area contributed by atoms with Crippen LogP contribution in [-0.4, -0.2) is 61.6 Å². The van der Waals surface area contributed by atoms with Crippen molar-refractivity contribution >= 4 is 34.5 Å². The molecule has 5 rings (SSSR count). The van der Waals surface area contributed by atoms with Crippen molar-refractivity contribution in [2.24, 2.45) is 5.41 Å². The monoisotopic (exact) mass is 617 g/mol. The number of fused-ring (bicyclic) bond motifs is 1. The van der Waals surface area contributed by atoms with Crippen LogP contribution in [0.3, 0.4) is 0 Å². The van der Waals surface area contributed by atoms with Crippen molar-refractivity contribution in [2.75, 3.05) is 23.3 Å². The Balaban J connectivity index is 1.45. The third kappa shape index (κ3) is 7.93. The van der Waals surface area contributed by atoms with Gasteiger partial charge in [-0.05, 0) is 59.9 Å². The summed E-state index contributed by atoms with van der Waals surface area (Å²) in [5.41, 5.74) is 2.09. The lowest BCUT2D eigenvalue weighted by Crippen LogP contribution is -2.49. The van der Waals surface area contributed by atoms with E-state index in [9.17, 15) is 14.7 Å². The normalized spacial score (nSPS) is 16.3. The van der Waals surface area contributed by atoms with Crippen LogP contribution in [0.1, 0.15) is 71.7 Å². The molecule has 12 nitrogen and oxygen atoms in total. The van der Waals surface area contributed by atoms with Gasteiger partial charge in [0.25, 0.3) is 0 Å². The van der Waals surface area contributed by atoms with Crippen LogP contribution >= 0.6 is 0 Å². The maximum atomic E-state index is 13.1. The van der Waals surface area contributed by atoms with Gasteiger partial charge in [0.05, 0.1) is 41.1 Å². The van der Waals surface area contributed by atoms with Gasteiger partial charge in [0.2, 0.25) is 0 Å². The molecule has 0 saturated carbocycles. The number of aliphatic hydroxyl groups is 1. The predicted molar refractivity (Wildman–Crippen MR) is 172 cm³/mol. The molecule has 2 atom stereocenters. The van der Waals surface area contributed by atoms with Crippen molar-refractivity contribution in [1.29, 1.82) is 0 Å². The number of carbonyl (C=O) groups excluding carboxylic acids is 2. The number of anilines is 2. The number of piperidine rings is 1. The molecule has 0 spiro atoms. The largest absolute Gasteiger partial charge is 0.444 e. The number of nitrogens with zero attached hydrogens (tertiary/aromatic N) is 4. The third-order valence-electron chi connectivity index (χ3n) is 7.36. The standard InChI is InChI=1S/C33H43N7O5/c1-32(2,3)30(42)44-25-17-35-28-26(27(25)39-14-10-13-23(20-39)37-31(43)45-33(4,5)6)24(16-34-28)38-29(41)22-15-36-40(19-22)18-21-11-8-7-9-12-21/h7-9,11-12,15-17,19,23,29,38,41H,10,13-14,18,20H2,1-6H3,(H,34,35)(H,37,43)/t23-,29?/m1/s1. The van der Waals surface area contributed by atoms with Gasteiger partial charge >= 0.3 is 12.1 Å². The molecule has 0 bridgehead atoms. The Bertz CT molecular complexity index is 1630. The first-order chi connectivity index (χ1) is 21.3. The molecule has 0 aliphatic carbocycles. The SMILES string of the molecule is CC(C)(C)OC(=O)N[C@@H]1CCCN(c2c(OC(=O)C(C)(C)C)cnc3[nH]cc(NC(O)c4cnn(Cc5ccccc5)c4)c23)C1. The zero-order chi connectivity index (χ0) is 32.4. The van der Waals surface area contributed by atoms with Crippen molar-refractivity contribution in [3.63, 3.8) is 0 Å². The number of hydrogen-bond donors (Lipinski definition) is 4. The first-order valence-corrected chi connectivity index (χ1v) is 15.2. The van der Waals surface area contributed by atoms with Crippen molar-refractivity contribution in [2.45, 2.75) is 78.8 Å². The Morgan fingerprint density at radius 2 is 1.89 bits per heavy atom. The molecule has 1 aliphatic rings. The summed E-state index contributed by atoms with van der Waals surface area (Å²) in [6.45, 7) is 12.5. The summed E-state index contributed by atoms with van der Waals surface area (Å²) >= 11 is 0. The van der Waals surface area contributed by atoms with Gasteiger partial charge in [0, 0.05) is 37.1 Å². The highest BCUT2D eigenvalue weighted by Gasteiger charge is 2.31. The first-order valence-electron chi connectivity index (χ1n) is 15.2. The van der Waals surface area contributed by atoms with E-state index in [0.717, 1.165) is 18.4 Å². The number of alkyl carbamates (subject to hydrolysis) is 1.